The Labute approximate surface area is 163 Å². The van der Waals surface area contributed by atoms with Crippen LogP contribution in [0.25, 0.3) is 0 Å². The summed E-state index contributed by atoms with van der Waals surface area (Å²) in [5, 5.41) is 5.91. The highest BCUT2D eigenvalue weighted by atomic mass is 32.1. The SMILES string of the molecule is Cc1ccnc(C)c1C(=O)NC(=S)Nc1cccc(Oc2ccccc2)c1. The minimum Gasteiger partial charge on any atom is -0.457 e. The number of rotatable bonds is 4. The second-order valence-corrected chi connectivity index (χ2v) is 6.35. The molecule has 3 aromatic rings. The summed E-state index contributed by atoms with van der Waals surface area (Å²) in [5.41, 5.74) is 2.76. The lowest BCUT2D eigenvalue weighted by molar-refractivity contribution is 0.0976. The van der Waals surface area contributed by atoms with Crippen LogP contribution in [0, 0.1) is 13.8 Å². The number of ether oxygens (including phenoxy) is 1. The summed E-state index contributed by atoms with van der Waals surface area (Å²) in [6, 6.07) is 18.6. The van der Waals surface area contributed by atoms with Crippen LogP contribution >= 0.6 is 12.2 Å². The van der Waals surface area contributed by atoms with Crippen molar-refractivity contribution in [1.82, 2.24) is 10.3 Å². The lowest BCUT2D eigenvalue weighted by Gasteiger charge is -2.13. The molecule has 0 atom stereocenters. The normalized spacial score (nSPS) is 10.1. The van der Waals surface area contributed by atoms with Gasteiger partial charge in [-0.25, -0.2) is 0 Å². The third-order valence-corrected chi connectivity index (χ3v) is 4.08. The van der Waals surface area contributed by atoms with Crippen molar-refractivity contribution in [2.45, 2.75) is 13.8 Å². The first-order valence-electron chi connectivity index (χ1n) is 8.40. The molecular weight excluding hydrogens is 358 g/mol. The molecule has 0 fully saturated rings. The van der Waals surface area contributed by atoms with E-state index in [0.29, 0.717) is 22.7 Å². The summed E-state index contributed by atoms with van der Waals surface area (Å²) in [4.78, 5) is 16.7. The van der Waals surface area contributed by atoms with E-state index in [0.717, 1.165) is 11.3 Å². The van der Waals surface area contributed by atoms with Gasteiger partial charge in [-0.05, 0) is 62.0 Å². The quantitative estimate of drug-likeness (QED) is 0.650. The van der Waals surface area contributed by atoms with E-state index in [2.05, 4.69) is 15.6 Å². The van der Waals surface area contributed by atoms with Gasteiger partial charge in [0.15, 0.2) is 5.11 Å². The van der Waals surface area contributed by atoms with Gasteiger partial charge < -0.3 is 10.1 Å². The maximum absolute atomic E-state index is 12.5. The Morgan fingerprint density at radius 3 is 2.48 bits per heavy atom. The molecule has 6 heteroatoms. The lowest BCUT2D eigenvalue weighted by Crippen LogP contribution is -2.35. The van der Waals surface area contributed by atoms with Gasteiger partial charge in [0.05, 0.1) is 11.3 Å². The average Bonchev–Trinajstić information content (AvgIpc) is 2.62. The van der Waals surface area contributed by atoms with E-state index < -0.39 is 0 Å². The zero-order valence-electron chi connectivity index (χ0n) is 15.0. The van der Waals surface area contributed by atoms with Crippen LogP contribution in [0.3, 0.4) is 0 Å². The van der Waals surface area contributed by atoms with Crippen molar-refractivity contribution >= 4 is 28.9 Å². The van der Waals surface area contributed by atoms with Gasteiger partial charge in [0.1, 0.15) is 11.5 Å². The molecule has 1 aromatic heterocycles. The minimum atomic E-state index is -0.285. The highest BCUT2D eigenvalue weighted by Crippen LogP contribution is 2.23. The number of hydrogen-bond donors (Lipinski definition) is 2. The van der Waals surface area contributed by atoms with Gasteiger partial charge in [-0.2, -0.15) is 0 Å². The van der Waals surface area contributed by atoms with Crippen LogP contribution in [0.2, 0.25) is 0 Å². The Bertz CT molecular complexity index is 954. The first kappa shape index (κ1) is 18.5. The first-order valence-corrected chi connectivity index (χ1v) is 8.81. The van der Waals surface area contributed by atoms with E-state index in [9.17, 15) is 4.79 Å². The van der Waals surface area contributed by atoms with Crippen molar-refractivity contribution in [3.05, 3.63) is 83.7 Å². The largest absolute Gasteiger partial charge is 0.457 e. The standard InChI is InChI=1S/C21H19N3O2S/c1-14-11-12-22-15(2)19(14)20(25)24-21(27)23-16-7-6-10-18(13-16)26-17-8-4-3-5-9-17/h3-13H,1-2H3,(H2,23,24,25,27). The molecule has 0 radical (unpaired) electrons. The monoisotopic (exact) mass is 377 g/mol. The number of aryl methyl sites for hydroxylation is 2. The molecule has 0 aliphatic heterocycles. The topological polar surface area (TPSA) is 63.2 Å². The molecule has 5 nitrogen and oxygen atoms in total. The molecule has 3 rings (SSSR count). The molecule has 0 saturated heterocycles. The third-order valence-electron chi connectivity index (χ3n) is 3.87. The number of nitrogens with zero attached hydrogens (tertiary/aromatic N) is 1. The van der Waals surface area contributed by atoms with Crippen LogP contribution in [0.5, 0.6) is 11.5 Å². The predicted molar refractivity (Wildman–Crippen MR) is 110 cm³/mol. The maximum Gasteiger partial charge on any atom is 0.259 e. The molecule has 1 heterocycles. The number of carbonyl (C=O) groups excluding carboxylic acids is 1. The van der Waals surface area contributed by atoms with E-state index in [1.165, 1.54) is 0 Å². The summed E-state index contributed by atoms with van der Waals surface area (Å²) < 4.78 is 5.80. The maximum atomic E-state index is 12.5. The molecule has 0 aliphatic carbocycles. The second kappa shape index (κ2) is 8.42. The number of aromatic nitrogens is 1. The van der Waals surface area contributed by atoms with E-state index in [-0.39, 0.29) is 11.0 Å². The number of para-hydroxylation sites is 1. The van der Waals surface area contributed by atoms with Gasteiger partial charge in [0.25, 0.3) is 5.91 Å². The first-order chi connectivity index (χ1) is 13.0. The van der Waals surface area contributed by atoms with Crippen molar-refractivity contribution in [2.75, 3.05) is 5.32 Å². The number of benzene rings is 2. The zero-order valence-corrected chi connectivity index (χ0v) is 15.8. The van der Waals surface area contributed by atoms with Crippen molar-refractivity contribution in [3.8, 4) is 11.5 Å². The van der Waals surface area contributed by atoms with Crippen molar-refractivity contribution < 1.29 is 9.53 Å². The number of pyridine rings is 1. The summed E-state index contributed by atoms with van der Waals surface area (Å²) in [5.74, 6) is 1.12. The minimum absolute atomic E-state index is 0.208. The number of amides is 1. The van der Waals surface area contributed by atoms with E-state index in [4.69, 9.17) is 17.0 Å². The molecule has 1 amide bonds. The third kappa shape index (κ3) is 4.89. The highest BCUT2D eigenvalue weighted by molar-refractivity contribution is 7.80. The molecule has 0 saturated carbocycles. The van der Waals surface area contributed by atoms with Crippen molar-refractivity contribution in [3.63, 3.8) is 0 Å². The Morgan fingerprint density at radius 1 is 1.00 bits per heavy atom. The summed E-state index contributed by atoms with van der Waals surface area (Å²) in [6.45, 7) is 3.66. The molecule has 0 unspecified atom stereocenters. The van der Waals surface area contributed by atoms with Crippen LogP contribution in [0.1, 0.15) is 21.6 Å². The fraction of sp³-hybridized carbons (Fsp3) is 0.0952. The van der Waals surface area contributed by atoms with Gasteiger partial charge in [-0.1, -0.05) is 24.3 Å². The number of carbonyl (C=O) groups is 1. The summed E-state index contributed by atoms with van der Waals surface area (Å²) in [7, 11) is 0. The predicted octanol–water partition coefficient (Wildman–Crippen LogP) is 4.62. The Hall–Kier alpha value is -3.25. The Kier molecular flexibility index (Phi) is 5.78. The van der Waals surface area contributed by atoms with E-state index in [1.807, 2.05) is 61.5 Å². The van der Waals surface area contributed by atoms with Crippen molar-refractivity contribution in [2.24, 2.45) is 0 Å². The molecule has 27 heavy (non-hydrogen) atoms. The number of anilines is 1. The smallest absolute Gasteiger partial charge is 0.259 e. The van der Waals surface area contributed by atoms with E-state index >= 15 is 0 Å². The number of nitrogens with one attached hydrogen (secondary N) is 2. The van der Waals surface area contributed by atoms with Crippen LogP contribution in [-0.2, 0) is 0 Å². The molecule has 136 valence electrons. The fourth-order valence-corrected chi connectivity index (χ4v) is 2.84. The zero-order chi connectivity index (χ0) is 19.2. The molecular formula is C21H19N3O2S. The number of hydrogen-bond acceptors (Lipinski definition) is 4. The lowest BCUT2D eigenvalue weighted by atomic mass is 10.1. The van der Waals surface area contributed by atoms with E-state index in [1.54, 1.807) is 19.2 Å². The average molecular weight is 377 g/mol. The van der Waals surface area contributed by atoms with Crippen LogP contribution < -0.4 is 15.4 Å². The summed E-state index contributed by atoms with van der Waals surface area (Å²) >= 11 is 5.27. The summed E-state index contributed by atoms with van der Waals surface area (Å²) in [6.07, 6.45) is 1.68. The second-order valence-electron chi connectivity index (χ2n) is 5.94. The molecule has 0 aliphatic rings. The molecule has 0 spiro atoms. The van der Waals surface area contributed by atoms with Gasteiger partial charge in [0.2, 0.25) is 0 Å². The van der Waals surface area contributed by atoms with Crippen LogP contribution in [0.4, 0.5) is 5.69 Å². The van der Waals surface area contributed by atoms with Gasteiger partial charge in [0, 0.05) is 18.0 Å². The van der Waals surface area contributed by atoms with Crippen LogP contribution in [0.15, 0.2) is 66.9 Å². The van der Waals surface area contributed by atoms with Crippen molar-refractivity contribution in [1.29, 1.82) is 0 Å². The molecule has 0 bridgehead atoms. The van der Waals surface area contributed by atoms with Crippen LogP contribution in [-0.4, -0.2) is 16.0 Å². The van der Waals surface area contributed by atoms with Gasteiger partial charge in [-0.15, -0.1) is 0 Å². The fourth-order valence-electron chi connectivity index (χ4n) is 2.63. The Balaban J connectivity index is 1.66. The Morgan fingerprint density at radius 2 is 1.74 bits per heavy atom. The van der Waals surface area contributed by atoms with Gasteiger partial charge >= 0.3 is 0 Å². The molecule has 2 aromatic carbocycles. The molecule has 2 N–H and O–H groups in total. The number of thiocarbonyl (C=S) groups is 1. The van der Waals surface area contributed by atoms with Gasteiger partial charge in [-0.3, -0.25) is 15.1 Å². The highest BCUT2D eigenvalue weighted by Gasteiger charge is 2.14.